The lowest BCUT2D eigenvalue weighted by molar-refractivity contribution is -0.769. The summed E-state index contributed by atoms with van der Waals surface area (Å²) in [5.74, 6) is 0. The van der Waals surface area contributed by atoms with E-state index < -0.39 is 5.09 Å². The van der Waals surface area contributed by atoms with Crippen LogP contribution in [-0.4, -0.2) is 23.6 Å². The molecule has 0 spiro atoms. The lowest BCUT2D eigenvalue weighted by Gasteiger charge is -2.26. The quantitative estimate of drug-likeness (QED) is 0.389. The van der Waals surface area contributed by atoms with Gasteiger partial charge in [-0.3, -0.25) is 4.79 Å². The average Bonchev–Trinajstić information content (AvgIpc) is 2.04. The molecular formula is C7H12N2O4. The number of carbonyl (C=O) groups excluding carboxylic acids is 1. The summed E-state index contributed by atoms with van der Waals surface area (Å²) < 4.78 is 0. The van der Waals surface area contributed by atoms with E-state index in [4.69, 9.17) is 0 Å². The molecule has 1 fully saturated rings. The Bertz CT molecular complexity index is 197. The van der Waals surface area contributed by atoms with E-state index in [0.717, 1.165) is 12.8 Å². The van der Waals surface area contributed by atoms with Crippen LogP contribution in [0.2, 0.25) is 0 Å². The Hall–Kier alpha value is -1.33. The fourth-order valence-electron chi connectivity index (χ4n) is 1.61. The third-order valence-electron chi connectivity index (χ3n) is 2.16. The summed E-state index contributed by atoms with van der Waals surface area (Å²) in [6.07, 6.45) is 3.21. The predicted molar refractivity (Wildman–Crippen MR) is 43.3 cm³/mol. The van der Waals surface area contributed by atoms with Crippen LogP contribution in [0.25, 0.3) is 0 Å². The van der Waals surface area contributed by atoms with Gasteiger partial charge in [0, 0.05) is 6.04 Å². The van der Waals surface area contributed by atoms with Gasteiger partial charge in [0.05, 0.1) is 0 Å². The summed E-state index contributed by atoms with van der Waals surface area (Å²) in [6, 6.07) is 0.0243. The van der Waals surface area contributed by atoms with Crippen LogP contribution in [0, 0.1) is 10.1 Å². The molecule has 0 heterocycles. The van der Waals surface area contributed by atoms with Crippen molar-refractivity contribution in [1.82, 2.24) is 5.32 Å². The first kappa shape index (κ1) is 9.76. The van der Waals surface area contributed by atoms with Crippen LogP contribution < -0.4 is 5.32 Å². The smallest absolute Gasteiger partial charge is 0.294 e. The minimum absolute atomic E-state index is 0.0243. The highest BCUT2D eigenvalue weighted by molar-refractivity contribution is 5.46. The van der Waals surface area contributed by atoms with Crippen molar-refractivity contribution in [3.63, 3.8) is 0 Å². The fraction of sp³-hybridized carbons (Fsp3) is 0.857. The maximum absolute atomic E-state index is 10.1. The summed E-state index contributed by atoms with van der Waals surface area (Å²) in [4.78, 5) is 24.6. The fourth-order valence-corrected chi connectivity index (χ4v) is 1.61. The molecule has 13 heavy (non-hydrogen) atoms. The zero-order valence-electron chi connectivity index (χ0n) is 7.14. The second-order valence-corrected chi connectivity index (χ2v) is 3.10. The van der Waals surface area contributed by atoms with Crippen LogP contribution in [0.3, 0.4) is 0 Å². The molecule has 1 aliphatic rings. The lowest BCUT2D eigenvalue weighted by Crippen LogP contribution is -2.36. The van der Waals surface area contributed by atoms with Gasteiger partial charge in [0.25, 0.3) is 5.09 Å². The maximum Gasteiger partial charge on any atom is 0.294 e. The van der Waals surface area contributed by atoms with E-state index in [9.17, 15) is 14.9 Å². The molecule has 0 aromatic heterocycles. The van der Waals surface area contributed by atoms with Crippen LogP contribution in [0.4, 0.5) is 0 Å². The number of hydrogen-bond donors (Lipinski definition) is 1. The molecule has 0 aromatic carbocycles. The van der Waals surface area contributed by atoms with Crippen LogP contribution >= 0.6 is 0 Å². The first-order valence-electron chi connectivity index (χ1n) is 4.23. The van der Waals surface area contributed by atoms with Crippen molar-refractivity contribution in [3.8, 4) is 0 Å². The molecular weight excluding hydrogens is 176 g/mol. The van der Waals surface area contributed by atoms with Gasteiger partial charge in [0.15, 0.2) is 0 Å². The van der Waals surface area contributed by atoms with E-state index in [-0.39, 0.29) is 12.1 Å². The number of rotatable bonds is 4. The van der Waals surface area contributed by atoms with Crippen LogP contribution in [-0.2, 0) is 9.63 Å². The Morgan fingerprint density at radius 2 is 2.31 bits per heavy atom. The van der Waals surface area contributed by atoms with Gasteiger partial charge in [-0.05, 0) is 25.7 Å². The van der Waals surface area contributed by atoms with Crippen molar-refractivity contribution in [3.05, 3.63) is 10.1 Å². The molecule has 0 radical (unpaired) electrons. The molecule has 0 bridgehead atoms. The molecule has 0 aromatic rings. The van der Waals surface area contributed by atoms with Crippen molar-refractivity contribution in [2.45, 2.75) is 37.8 Å². The van der Waals surface area contributed by atoms with Crippen molar-refractivity contribution in [1.29, 1.82) is 0 Å². The van der Waals surface area contributed by atoms with Crippen molar-refractivity contribution in [2.24, 2.45) is 0 Å². The zero-order valence-corrected chi connectivity index (χ0v) is 7.14. The molecule has 1 N–H and O–H groups in total. The van der Waals surface area contributed by atoms with Gasteiger partial charge in [0.2, 0.25) is 6.41 Å². The summed E-state index contributed by atoms with van der Waals surface area (Å²) >= 11 is 0. The van der Waals surface area contributed by atoms with Crippen LogP contribution in [0.15, 0.2) is 0 Å². The highest BCUT2D eigenvalue weighted by Gasteiger charge is 2.23. The first-order chi connectivity index (χ1) is 6.22. The molecule has 6 nitrogen and oxygen atoms in total. The maximum atomic E-state index is 10.1. The molecule has 1 aliphatic carbocycles. The first-order valence-corrected chi connectivity index (χ1v) is 4.23. The molecule has 1 rings (SSSR count). The Morgan fingerprint density at radius 1 is 1.54 bits per heavy atom. The average molecular weight is 188 g/mol. The van der Waals surface area contributed by atoms with E-state index in [0.29, 0.717) is 19.3 Å². The highest BCUT2D eigenvalue weighted by atomic mass is 17.0. The Kier molecular flexibility index (Phi) is 3.48. The molecule has 0 saturated heterocycles. The van der Waals surface area contributed by atoms with E-state index in [2.05, 4.69) is 10.2 Å². The van der Waals surface area contributed by atoms with Crippen LogP contribution in [0.1, 0.15) is 25.7 Å². The van der Waals surface area contributed by atoms with E-state index in [1.807, 2.05) is 0 Å². The number of hydrogen-bond acceptors (Lipinski definition) is 4. The third kappa shape index (κ3) is 3.27. The Labute approximate surface area is 75.4 Å². The van der Waals surface area contributed by atoms with E-state index >= 15 is 0 Å². The Morgan fingerprint density at radius 3 is 2.92 bits per heavy atom. The van der Waals surface area contributed by atoms with Gasteiger partial charge in [-0.25, -0.2) is 0 Å². The molecule has 0 aliphatic heterocycles. The molecule has 6 heteroatoms. The summed E-state index contributed by atoms with van der Waals surface area (Å²) in [5, 5.41) is 11.9. The number of carbonyl (C=O) groups is 1. The SMILES string of the molecule is O=CNC1CCCC(O[N+](=O)[O-])C1. The van der Waals surface area contributed by atoms with Gasteiger partial charge in [0.1, 0.15) is 6.10 Å². The number of amides is 1. The second kappa shape index (κ2) is 4.64. The molecule has 2 unspecified atom stereocenters. The standard InChI is InChI=1S/C7H12N2O4/c10-5-8-6-2-1-3-7(4-6)13-9(11)12/h5-7H,1-4H2,(H,8,10). The number of nitrogens with zero attached hydrogens (tertiary/aromatic N) is 1. The van der Waals surface area contributed by atoms with Crippen LogP contribution in [0.5, 0.6) is 0 Å². The van der Waals surface area contributed by atoms with Gasteiger partial charge in [-0.2, -0.15) is 0 Å². The normalized spacial score (nSPS) is 27.7. The largest absolute Gasteiger partial charge is 0.356 e. The van der Waals surface area contributed by atoms with Gasteiger partial charge >= 0.3 is 0 Å². The topological polar surface area (TPSA) is 81.5 Å². The highest BCUT2D eigenvalue weighted by Crippen LogP contribution is 2.20. The van der Waals surface area contributed by atoms with E-state index in [1.54, 1.807) is 0 Å². The van der Waals surface area contributed by atoms with Crippen molar-refractivity contribution >= 4 is 6.41 Å². The second-order valence-electron chi connectivity index (χ2n) is 3.10. The van der Waals surface area contributed by atoms with Crippen molar-refractivity contribution < 1.29 is 14.7 Å². The Balaban J connectivity index is 2.32. The predicted octanol–water partition coefficient (Wildman–Crippen LogP) is 0.252. The minimum Gasteiger partial charge on any atom is -0.356 e. The number of nitrogens with one attached hydrogen (secondary N) is 1. The van der Waals surface area contributed by atoms with Gasteiger partial charge < -0.3 is 10.2 Å². The van der Waals surface area contributed by atoms with Gasteiger partial charge in [-0.15, -0.1) is 10.1 Å². The monoisotopic (exact) mass is 188 g/mol. The molecule has 74 valence electrons. The molecule has 1 amide bonds. The molecule has 1 saturated carbocycles. The summed E-state index contributed by atoms with van der Waals surface area (Å²) in [7, 11) is 0. The van der Waals surface area contributed by atoms with Gasteiger partial charge in [-0.1, -0.05) is 0 Å². The third-order valence-corrected chi connectivity index (χ3v) is 2.16. The molecule has 2 atom stereocenters. The summed E-state index contributed by atoms with van der Waals surface area (Å²) in [6.45, 7) is 0. The minimum atomic E-state index is -0.770. The lowest BCUT2D eigenvalue weighted by atomic mass is 9.93. The summed E-state index contributed by atoms with van der Waals surface area (Å²) in [5.41, 5.74) is 0. The van der Waals surface area contributed by atoms with E-state index in [1.165, 1.54) is 0 Å². The van der Waals surface area contributed by atoms with Crippen molar-refractivity contribution in [2.75, 3.05) is 0 Å². The zero-order chi connectivity index (χ0) is 9.68.